The van der Waals surface area contributed by atoms with E-state index in [2.05, 4.69) is 49.0 Å². The molecule has 0 fully saturated rings. The number of halogens is 2. The number of hydrogen-bond donors (Lipinski definition) is 1. The van der Waals surface area contributed by atoms with Gasteiger partial charge in [-0.05, 0) is 64.6 Å². The van der Waals surface area contributed by atoms with Gasteiger partial charge in [-0.1, -0.05) is 15.9 Å². The topological polar surface area (TPSA) is 96.8 Å². The van der Waals surface area contributed by atoms with E-state index in [0.29, 0.717) is 22.6 Å². The first-order chi connectivity index (χ1) is 13.5. The molecule has 3 aromatic rings. The predicted molar refractivity (Wildman–Crippen MR) is 116 cm³/mol. The lowest BCUT2D eigenvalue weighted by Gasteiger charge is -2.11. The molecule has 0 saturated carbocycles. The van der Waals surface area contributed by atoms with Gasteiger partial charge in [-0.25, -0.2) is 5.43 Å². The molecule has 1 N–H and O–H groups in total. The number of nitrogens with zero attached hydrogens (tertiary/aromatic N) is 2. The minimum atomic E-state index is -0.459. The number of nitrogens with one attached hydrogen (secondary N) is 1. The molecule has 0 spiro atoms. The number of carbonyl (C=O) groups is 1. The quantitative estimate of drug-likeness (QED) is 0.276. The molecule has 9 heteroatoms. The van der Waals surface area contributed by atoms with Gasteiger partial charge in [0.15, 0.2) is 23.9 Å². The molecule has 0 unspecified atom stereocenters. The van der Waals surface area contributed by atoms with Gasteiger partial charge in [0, 0.05) is 9.86 Å². The lowest BCUT2D eigenvalue weighted by molar-refractivity contribution is 0.0929. The number of nitriles is 1. The monoisotopic (exact) mass is 553 g/mol. The molecular formula is C19H13BrIN3O4. The van der Waals surface area contributed by atoms with Gasteiger partial charge in [0.2, 0.25) is 0 Å². The standard InChI is InChI=1S/C19H13BrIN3O4/c1-26-16-7-11(6-14(21)18(16)27-5-4-22)10-23-24-19(25)17-9-12-8-13(20)2-3-15(12)28-17/h2-3,6-10H,5H2,1H3,(H,24,25)/b23-10+. The van der Waals surface area contributed by atoms with Crippen molar-refractivity contribution in [1.82, 2.24) is 5.43 Å². The first-order valence-corrected chi connectivity index (χ1v) is 9.78. The highest BCUT2D eigenvalue weighted by Crippen LogP contribution is 2.33. The van der Waals surface area contributed by atoms with Crippen LogP contribution in [0.25, 0.3) is 11.0 Å². The first-order valence-electron chi connectivity index (χ1n) is 7.91. The largest absolute Gasteiger partial charge is 0.493 e. The number of rotatable bonds is 6. The molecule has 1 heterocycles. The SMILES string of the molecule is COc1cc(/C=N/NC(=O)c2cc3cc(Br)ccc3o2)cc(I)c1OCC#N. The molecule has 0 aliphatic rings. The van der Waals surface area contributed by atoms with E-state index in [0.717, 1.165) is 13.4 Å². The number of methoxy groups -OCH3 is 1. The highest BCUT2D eigenvalue weighted by molar-refractivity contribution is 14.1. The molecule has 1 aromatic heterocycles. The lowest BCUT2D eigenvalue weighted by Crippen LogP contribution is -2.16. The molecule has 28 heavy (non-hydrogen) atoms. The summed E-state index contributed by atoms with van der Waals surface area (Å²) in [5, 5.41) is 13.5. The Morgan fingerprint density at radius 2 is 2.21 bits per heavy atom. The predicted octanol–water partition coefficient (Wildman–Crippen LogP) is 4.47. The molecule has 2 aromatic carbocycles. The molecule has 0 aliphatic carbocycles. The van der Waals surface area contributed by atoms with Gasteiger partial charge >= 0.3 is 5.91 Å². The van der Waals surface area contributed by atoms with Crippen LogP contribution in [0.5, 0.6) is 11.5 Å². The van der Waals surface area contributed by atoms with Gasteiger partial charge in [-0.3, -0.25) is 4.79 Å². The van der Waals surface area contributed by atoms with Crippen molar-refractivity contribution in [2.45, 2.75) is 0 Å². The minimum absolute atomic E-state index is 0.0794. The van der Waals surface area contributed by atoms with Crippen molar-refractivity contribution >= 4 is 61.6 Å². The van der Waals surface area contributed by atoms with E-state index in [4.69, 9.17) is 19.2 Å². The zero-order chi connectivity index (χ0) is 20.1. The summed E-state index contributed by atoms with van der Waals surface area (Å²) in [4.78, 5) is 12.2. The number of benzene rings is 2. The summed E-state index contributed by atoms with van der Waals surface area (Å²) in [6, 6.07) is 12.5. The van der Waals surface area contributed by atoms with Gasteiger partial charge < -0.3 is 13.9 Å². The van der Waals surface area contributed by atoms with Crippen molar-refractivity contribution in [2.24, 2.45) is 5.10 Å². The molecule has 3 rings (SSSR count). The van der Waals surface area contributed by atoms with Gasteiger partial charge in [-0.15, -0.1) is 0 Å². The van der Waals surface area contributed by atoms with Crippen LogP contribution in [-0.4, -0.2) is 25.8 Å². The number of ether oxygens (including phenoxy) is 2. The van der Waals surface area contributed by atoms with Crippen LogP contribution in [-0.2, 0) is 0 Å². The summed E-state index contributed by atoms with van der Waals surface area (Å²) in [5.74, 6) is 0.661. The number of fused-ring (bicyclic) bond motifs is 1. The second-order valence-electron chi connectivity index (χ2n) is 5.47. The molecule has 0 atom stereocenters. The summed E-state index contributed by atoms with van der Waals surface area (Å²) >= 11 is 5.46. The number of hydrogen-bond acceptors (Lipinski definition) is 6. The van der Waals surface area contributed by atoms with Crippen LogP contribution in [0.2, 0.25) is 0 Å². The Bertz CT molecular complexity index is 1100. The van der Waals surface area contributed by atoms with Crippen molar-refractivity contribution < 1.29 is 18.7 Å². The first kappa shape index (κ1) is 20.2. The van der Waals surface area contributed by atoms with E-state index in [1.807, 2.05) is 18.2 Å². The Hall–Kier alpha value is -2.58. The van der Waals surface area contributed by atoms with Crippen molar-refractivity contribution in [3.05, 3.63) is 55.8 Å². The summed E-state index contributed by atoms with van der Waals surface area (Å²) in [7, 11) is 1.51. The van der Waals surface area contributed by atoms with E-state index in [1.54, 1.807) is 24.3 Å². The van der Waals surface area contributed by atoms with Crippen LogP contribution in [0, 0.1) is 14.9 Å². The van der Waals surface area contributed by atoms with E-state index < -0.39 is 5.91 Å². The van der Waals surface area contributed by atoms with Gasteiger partial charge in [0.25, 0.3) is 0 Å². The third-order valence-corrected chi connectivity index (χ3v) is 4.91. The zero-order valence-electron chi connectivity index (χ0n) is 14.5. The van der Waals surface area contributed by atoms with Gasteiger partial charge in [0.05, 0.1) is 16.9 Å². The van der Waals surface area contributed by atoms with E-state index >= 15 is 0 Å². The number of hydrazone groups is 1. The number of carbonyl (C=O) groups excluding carboxylic acids is 1. The second-order valence-corrected chi connectivity index (χ2v) is 7.55. The number of amides is 1. The molecule has 7 nitrogen and oxygen atoms in total. The minimum Gasteiger partial charge on any atom is -0.493 e. The van der Waals surface area contributed by atoms with E-state index in [-0.39, 0.29) is 12.4 Å². The summed E-state index contributed by atoms with van der Waals surface area (Å²) < 4.78 is 17.9. The summed E-state index contributed by atoms with van der Waals surface area (Å²) in [6.07, 6.45) is 1.48. The van der Waals surface area contributed by atoms with Gasteiger partial charge in [-0.2, -0.15) is 10.4 Å². The maximum atomic E-state index is 12.2. The third kappa shape index (κ3) is 4.63. The van der Waals surface area contributed by atoms with E-state index in [1.165, 1.54) is 13.3 Å². The van der Waals surface area contributed by atoms with Crippen LogP contribution < -0.4 is 14.9 Å². The van der Waals surface area contributed by atoms with E-state index in [9.17, 15) is 4.79 Å². The molecule has 0 aliphatic heterocycles. The van der Waals surface area contributed by atoms with Crippen LogP contribution in [0.15, 0.2) is 50.4 Å². The Morgan fingerprint density at radius 1 is 1.39 bits per heavy atom. The van der Waals surface area contributed by atoms with Gasteiger partial charge in [0.1, 0.15) is 11.7 Å². The Balaban J connectivity index is 1.73. The summed E-state index contributed by atoms with van der Waals surface area (Å²) in [6.45, 7) is -0.0794. The molecule has 0 radical (unpaired) electrons. The van der Waals surface area contributed by atoms with Crippen LogP contribution in [0.1, 0.15) is 16.1 Å². The maximum absolute atomic E-state index is 12.2. The van der Waals surface area contributed by atoms with Crippen LogP contribution in [0.4, 0.5) is 0 Å². The fourth-order valence-corrected chi connectivity index (χ4v) is 3.57. The lowest BCUT2D eigenvalue weighted by atomic mass is 10.2. The van der Waals surface area contributed by atoms with Crippen molar-refractivity contribution in [2.75, 3.05) is 13.7 Å². The highest BCUT2D eigenvalue weighted by atomic mass is 127. The Labute approximate surface area is 182 Å². The van der Waals surface area contributed by atoms with Crippen LogP contribution >= 0.6 is 38.5 Å². The normalized spacial score (nSPS) is 10.8. The maximum Gasteiger partial charge on any atom is 0.307 e. The summed E-state index contributed by atoms with van der Waals surface area (Å²) in [5.41, 5.74) is 3.75. The molecule has 1 amide bonds. The molecular weight excluding hydrogens is 541 g/mol. The van der Waals surface area contributed by atoms with Crippen LogP contribution in [0.3, 0.4) is 0 Å². The third-order valence-electron chi connectivity index (χ3n) is 3.61. The molecule has 0 bridgehead atoms. The van der Waals surface area contributed by atoms with Crippen molar-refractivity contribution in [3.8, 4) is 17.6 Å². The zero-order valence-corrected chi connectivity index (χ0v) is 18.3. The second kappa shape index (κ2) is 9.07. The van der Waals surface area contributed by atoms with Crippen molar-refractivity contribution in [3.63, 3.8) is 0 Å². The molecule has 0 saturated heterocycles. The molecule has 142 valence electrons. The average Bonchev–Trinajstić information content (AvgIpc) is 3.10. The Morgan fingerprint density at radius 3 is 2.96 bits per heavy atom. The average molecular weight is 554 g/mol. The smallest absolute Gasteiger partial charge is 0.307 e. The highest BCUT2D eigenvalue weighted by Gasteiger charge is 2.13. The number of furan rings is 1. The fourth-order valence-electron chi connectivity index (χ4n) is 2.41. The fraction of sp³-hybridized carbons (Fsp3) is 0.105. The Kier molecular flexibility index (Phi) is 6.53. The van der Waals surface area contributed by atoms with Crippen molar-refractivity contribution in [1.29, 1.82) is 5.26 Å².